The third-order valence-electron chi connectivity index (χ3n) is 5.83. The van der Waals surface area contributed by atoms with E-state index in [1.807, 2.05) is 61.5 Å². The van der Waals surface area contributed by atoms with E-state index < -0.39 is 6.04 Å². The first kappa shape index (κ1) is 24.0. The fourth-order valence-electron chi connectivity index (χ4n) is 4.10. The SMILES string of the molecule is COc1ccccc1NC(=O)C1=C(C)Nc2nc(SCc3ccccc3)nn2[C@H]1c1ccc(Cl)cc1. The number of thioether (sulfide) groups is 1. The molecule has 1 aliphatic rings. The topological polar surface area (TPSA) is 81.1 Å². The summed E-state index contributed by atoms with van der Waals surface area (Å²) in [5.41, 5.74) is 3.87. The maximum Gasteiger partial charge on any atom is 0.255 e. The molecule has 0 unspecified atom stereocenters. The number of nitrogens with one attached hydrogen (secondary N) is 2. The first-order valence-corrected chi connectivity index (χ1v) is 12.7. The molecule has 0 saturated carbocycles. The largest absolute Gasteiger partial charge is 0.495 e. The minimum absolute atomic E-state index is 0.260. The van der Waals surface area contributed by atoms with Crippen LogP contribution in [-0.4, -0.2) is 27.8 Å². The number of amides is 1. The van der Waals surface area contributed by atoms with E-state index >= 15 is 0 Å². The van der Waals surface area contributed by atoms with Crippen molar-refractivity contribution in [2.45, 2.75) is 23.9 Å². The van der Waals surface area contributed by atoms with Crippen LogP contribution in [0.4, 0.5) is 11.6 Å². The number of hydrogen-bond donors (Lipinski definition) is 2. The lowest BCUT2D eigenvalue weighted by atomic mass is 9.95. The molecule has 3 aromatic carbocycles. The molecule has 1 aliphatic heterocycles. The Hall–Kier alpha value is -3.75. The van der Waals surface area contributed by atoms with Gasteiger partial charge in [0.1, 0.15) is 11.8 Å². The average molecular weight is 518 g/mol. The van der Waals surface area contributed by atoms with E-state index in [1.54, 1.807) is 35.7 Å². The van der Waals surface area contributed by atoms with Gasteiger partial charge in [-0.2, -0.15) is 4.98 Å². The van der Waals surface area contributed by atoms with Gasteiger partial charge in [-0.15, -0.1) is 5.10 Å². The summed E-state index contributed by atoms with van der Waals surface area (Å²) in [7, 11) is 1.57. The number of aromatic nitrogens is 3. The number of hydrogen-bond acceptors (Lipinski definition) is 6. The van der Waals surface area contributed by atoms with Crippen molar-refractivity contribution >= 4 is 40.9 Å². The molecule has 0 saturated heterocycles. The van der Waals surface area contributed by atoms with Crippen molar-refractivity contribution in [1.82, 2.24) is 14.8 Å². The van der Waals surface area contributed by atoms with Crippen LogP contribution in [0.25, 0.3) is 0 Å². The number of methoxy groups -OCH3 is 1. The molecule has 0 radical (unpaired) electrons. The van der Waals surface area contributed by atoms with Crippen molar-refractivity contribution in [3.8, 4) is 5.75 Å². The monoisotopic (exact) mass is 517 g/mol. The van der Waals surface area contributed by atoms with E-state index in [0.29, 0.717) is 38.8 Å². The van der Waals surface area contributed by atoms with Crippen LogP contribution in [0.15, 0.2) is 95.3 Å². The van der Waals surface area contributed by atoms with Gasteiger partial charge >= 0.3 is 0 Å². The summed E-state index contributed by atoms with van der Waals surface area (Å²) in [6.07, 6.45) is 0. The smallest absolute Gasteiger partial charge is 0.255 e. The molecule has 0 aliphatic carbocycles. The van der Waals surface area contributed by atoms with Gasteiger partial charge < -0.3 is 15.4 Å². The molecule has 182 valence electrons. The summed E-state index contributed by atoms with van der Waals surface area (Å²) < 4.78 is 7.18. The highest BCUT2D eigenvalue weighted by molar-refractivity contribution is 7.98. The number of para-hydroxylation sites is 2. The summed E-state index contributed by atoms with van der Waals surface area (Å²) in [6.45, 7) is 1.87. The molecule has 5 rings (SSSR count). The van der Waals surface area contributed by atoms with Crippen LogP contribution in [0.2, 0.25) is 5.02 Å². The van der Waals surface area contributed by atoms with Crippen molar-refractivity contribution < 1.29 is 9.53 Å². The molecule has 1 aromatic heterocycles. The van der Waals surface area contributed by atoms with Crippen molar-refractivity contribution in [2.24, 2.45) is 0 Å². The molecule has 1 atom stereocenters. The Morgan fingerprint density at radius 2 is 1.81 bits per heavy atom. The number of fused-ring (bicyclic) bond motifs is 1. The van der Waals surface area contributed by atoms with Crippen molar-refractivity contribution in [1.29, 1.82) is 0 Å². The summed E-state index contributed by atoms with van der Waals surface area (Å²) in [6, 6.07) is 24.4. The zero-order chi connectivity index (χ0) is 25.1. The molecule has 0 spiro atoms. The second-order valence-corrected chi connectivity index (χ2v) is 9.59. The van der Waals surface area contributed by atoms with E-state index in [0.717, 1.165) is 11.3 Å². The Kier molecular flexibility index (Phi) is 6.97. The Balaban J connectivity index is 1.50. The first-order valence-electron chi connectivity index (χ1n) is 11.3. The minimum Gasteiger partial charge on any atom is -0.495 e. The number of benzene rings is 3. The zero-order valence-electron chi connectivity index (χ0n) is 19.7. The molecular weight excluding hydrogens is 494 g/mol. The summed E-state index contributed by atoms with van der Waals surface area (Å²) in [5.74, 6) is 1.64. The van der Waals surface area contributed by atoms with Crippen LogP contribution in [0.1, 0.15) is 24.1 Å². The first-order chi connectivity index (χ1) is 17.5. The number of anilines is 2. The fourth-order valence-corrected chi connectivity index (χ4v) is 5.01. The van der Waals surface area contributed by atoms with E-state index in [-0.39, 0.29) is 5.91 Å². The molecule has 4 aromatic rings. The highest BCUT2D eigenvalue weighted by atomic mass is 35.5. The number of nitrogens with zero attached hydrogens (tertiary/aromatic N) is 3. The van der Waals surface area contributed by atoms with Gasteiger partial charge in [0.25, 0.3) is 5.91 Å². The average Bonchev–Trinajstić information content (AvgIpc) is 3.30. The Morgan fingerprint density at radius 3 is 2.56 bits per heavy atom. The molecule has 2 N–H and O–H groups in total. The molecule has 36 heavy (non-hydrogen) atoms. The molecule has 0 bridgehead atoms. The van der Waals surface area contributed by atoms with Crippen molar-refractivity contribution in [2.75, 3.05) is 17.7 Å². The lowest BCUT2D eigenvalue weighted by molar-refractivity contribution is -0.113. The number of carbonyl (C=O) groups is 1. The van der Waals surface area contributed by atoms with Gasteiger partial charge in [-0.3, -0.25) is 4.79 Å². The van der Waals surface area contributed by atoms with Crippen LogP contribution in [-0.2, 0) is 10.5 Å². The summed E-state index contributed by atoms with van der Waals surface area (Å²) in [4.78, 5) is 18.4. The maximum atomic E-state index is 13.7. The lowest BCUT2D eigenvalue weighted by Crippen LogP contribution is -2.31. The molecule has 0 fully saturated rings. The van der Waals surface area contributed by atoms with Crippen LogP contribution in [0.3, 0.4) is 0 Å². The number of allylic oxidation sites excluding steroid dienone is 1. The third kappa shape index (κ3) is 4.96. The quantitative estimate of drug-likeness (QED) is 0.286. The van der Waals surface area contributed by atoms with E-state index in [9.17, 15) is 4.79 Å². The standard InChI is InChI=1S/C27H24ClN5O2S/c1-17-23(25(34)30-21-10-6-7-11-22(21)35-2)24(19-12-14-20(28)15-13-19)33-26(29-17)31-27(32-33)36-16-18-8-4-3-5-9-18/h3-15,24H,16H2,1-2H3,(H,30,34)(H,29,31,32)/t24-/m0/s1. The van der Waals surface area contributed by atoms with Crippen molar-refractivity contribution in [3.63, 3.8) is 0 Å². The summed E-state index contributed by atoms with van der Waals surface area (Å²) in [5, 5.41) is 12.3. The van der Waals surface area contributed by atoms with Crippen LogP contribution in [0, 0.1) is 0 Å². The lowest BCUT2D eigenvalue weighted by Gasteiger charge is -2.28. The number of halogens is 1. The van der Waals surface area contributed by atoms with Gasteiger partial charge in [-0.1, -0.05) is 78.0 Å². The number of carbonyl (C=O) groups excluding carboxylic acids is 1. The van der Waals surface area contributed by atoms with Gasteiger partial charge in [0.05, 0.1) is 18.4 Å². The van der Waals surface area contributed by atoms with Gasteiger partial charge in [0.15, 0.2) is 0 Å². The highest BCUT2D eigenvalue weighted by Crippen LogP contribution is 2.38. The molecule has 7 nitrogen and oxygen atoms in total. The van der Waals surface area contributed by atoms with Crippen LogP contribution >= 0.6 is 23.4 Å². The van der Waals surface area contributed by atoms with Crippen LogP contribution < -0.4 is 15.4 Å². The van der Waals surface area contributed by atoms with Crippen LogP contribution in [0.5, 0.6) is 5.75 Å². The van der Waals surface area contributed by atoms with E-state index in [4.69, 9.17) is 26.4 Å². The van der Waals surface area contributed by atoms with E-state index in [1.165, 1.54) is 5.56 Å². The van der Waals surface area contributed by atoms with E-state index in [2.05, 4.69) is 22.8 Å². The second kappa shape index (κ2) is 10.5. The fraction of sp³-hybridized carbons (Fsp3) is 0.148. The van der Waals surface area contributed by atoms with Gasteiger partial charge in [0.2, 0.25) is 11.1 Å². The van der Waals surface area contributed by atoms with Gasteiger partial charge in [0, 0.05) is 16.5 Å². The zero-order valence-corrected chi connectivity index (χ0v) is 21.3. The Labute approximate surface area is 218 Å². The second-order valence-electron chi connectivity index (χ2n) is 8.21. The third-order valence-corrected chi connectivity index (χ3v) is 6.99. The van der Waals surface area contributed by atoms with Gasteiger partial charge in [-0.25, -0.2) is 4.68 Å². The molecule has 9 heteroatoms. The Bertz CT molecular complexity index is 1420. The number of ether oxygens (including phenoxy) is 1. The predicted octanol–water partition coefficient (Wildman–Crippen LogP) is 6.16. The molecular formula is C27H24ClN5O2S. The number of rotatable bonds is 7. The minimum atomic E-state index is -0.494. The Morgan fingerprint density at radius 1 is 1.08 bits per heavy atom. The predicted molar refractivity (Wildman–Crippen MR) is 144 cm³/mol. The summed E-state index contributed by atoms with van der Waals surface area (Å²) >= 11 is 7.71. The van der Waals surface area contributed by atoms with Crippen molar-refractivity contribution in [3.05, 3.63) is 106 Å². The highest BCUT2D eigenvalue weighted by Gasteiger charge is 2.34. The van der Waals surface area contributed by atoms with Gasteiger partial charge in [-0.05, 0) is 42.3 Å². The molecule has 1 amide bonds. The maximum absolute atomic E-state index is 13.7. The molecule has 2 heterocycles. The normalized spacial score (nSPS) is 14.7.